The molecule has 0 fully saturated rings. The molecule has 66 valence electrons. The van der Waals surface area contributed by atoms with Crippen molar-refractivity contribution in [1.82, 2.24) is 0 Å². The van der Waals surface area contributed by atoms with Crippen molar-refractivity contribution in [3.8, 4) is 5.75 Å². The number of rotatable bonds is 3. The lowest BCUT2D eigenvalue weighted by Crippen LogP contribution is -2.00. The first-order valence-electron chi connectivity index (χ1n) is 3.15. The van der Waals surface area contributed by atoms with E-state index in [1.54, 1.807) is 12.1 Å². The Morgan fingerprint density at radius 2 is 2.00 bits per heavy atom. The molecule has 4 heteroatoms. The van der Waals surface area contributed by atoms with Gasteiger partial charge in [0, 0.05) is 4.47 Å². The Morgan fingerprint density at radius 1 is 1.42 bits per heavy atom. The average Bonchev–Trinajstić information content (AvgIpc) is 2.09. The van der Waals surface area contributed by atoms with Gasteiger partial charge in [0.25, 0.3) is 4.36 Å². The van der Waals surface area contributed by atoms with Gasteiger partial charge in [-0.25, -0.2) is 0 Å². The highest BCUT2D eigenvalue weighted by atomic mass is 127. The van der Waals surface area contributed by atoms with Crippen LogP contribution < -0.4 is 4.74 Å². The molecule has 1 nitrogen and oxygen atoms in total. The fourth-order valence-electron chi connectivity index (χ4n) is 0.648. The number of ether oxygens (including phenoxy) is 1. The van der Waals surface area contributed by atoms with Crippen molar-refractivity contribution in [2.24, 2.45) is 0 Å². The molecular formula is C8H7BrFIO. The molecule has 12 heavy (non-hydrogen) atoms. The van der Waals surface area contributed by atoms with E-state index in [-0.39, 0.29) is 0 Å². The first-order chi connectivity index (χ1) is 5.72. The predicted octanol–water partition coefficient (Wildman–Crippen LogP) is 3.48. The number of alkyl halides is 2. The smallest absolute Gasteiger partial charge is 0.283 e. The maximum Gasteiger partial charge on any atom is 0.283 e. The predicted molar refractivity (Wildman–Crippen MR) is 60.8 cm³/mol. The van der Waals surface area contributed by atoms with Gasteiger partial charge in [0.1, 0.15) is 5.75 Å². The van der Waals surface area contributed by atoms with Gasteiger partial charge in [-0.3, -0.25) is 0 Å². The molecule has 0 aliphatic carbocycles. The quantitative estimate of drug-likeness (QED) is 0.602. The van der Waals surface area contributed by atoms with Crippen molar-refractivity contribution in [3.63, 3.8) is 0 Å². The van der Waals surface area contributed by atoms with Gasteiger partial charge in [-0.2, -0.15) is 4.39 Å². The molecule has 1 unspecified atom stereocenters. The van der Waals surface area contributed by atoms with Crippen LogP contribution in [0, 0.1) is 0 Å². The molecule has 1 aromatic carbocycles. The Balaban J connectivity index is 2.64. The zero-order valence-corrected chi connectivity index (χ0v) is 9.88. The van der Waals surface area contributed by atoms with Gasteiger partial charge in [-0.1, -0.05) is 20.4 Å². The van der Waals surface area contributed by atoms with Crippen LogP contribution in [0.25, 0.3) is 0 Å². The van der Waals surface area contributed by atoms with Crippen LogP contribution in [0.15, 0.2) is 28.7 Å². The van der Waals surface area contributed by atoms with Crippen molar-refractivity contribution < 1.29 is 9.13 Å². The highest BCUT2D eigenvalue weighted by Gasteiger charge is 2.01. The second kappa shape index (κ2) is 4.91. The summed E-state index contributed by atoms with van der Waals surface area (Å²) in [6.45, 7) is 0. The largest absolute Gasteiger partial charge is 0.452 e. The molecule has 1 atom stereocenters. The Morgan fingerprint density at radius 3 is 2.50 bits per heavy atom. The molecule has 0 aliphatic heterocycles. The number of benzene rings is 1. The second-order valence-electron chi connectivity index (χ2n) is 1.99. The Labute approximate surface area is 88.8 Å². The molecular weight excluding hydrogens is 338 g/mol. The van der Waals surface area contributed by atoms with E-state index in [0.717, 1.165) is 4.47 Å². The van der Waals surface area contributed by atoms with E-state index in [9.17, 15) is 4.39 Å². The normalized spacial score (nSPS) is 12.5. The molecule has 0 amide bonds. The second-order valence-corrected chi connectivity index (χ2v) is 4.76. The summed E-state index contributed by atoms with van der Waals surface area (Å²) >= 11 is 2.53. The van der Waals surface area contributed by atoms with Gasteiger partial charge in [-0.15, -0.1) is 0 Å². The van der Waals surface area contributed by atoms with Crippen molar-refractivity contribution in [3.05, 3.63) is 28.7 Å². The van der Waals surface area contributed by atoms with E-state index in [2.05, 4.69) is 20.4 Å². The maximum absolute atomic E-state index is 12.7. The van der Waals surface area contributed by atoms with Crippen LogP contribution in [0.3, 0.4) is 0 Å². The Kier molecular flexibility index (Phi) is 4.14. The summed E-state index contributed by atoms with van der Waals surface area (Å²) in [6.07, 6.45) is 0. The molecule has 0 radical (unpaired) electrons. The minimum Gasteiger partial charge on any atom is -0.452 e. The first-order valence-corrected chi connectivity index (χ1v) is 6.72. The van der Waals surface area contributed by atoms with Crippen LogP contribution in [-0.2, 0) is 0 Å². The van der Waals surface area contributed by atoms with Gasteiger partial charge in [0.15, 0.2) is 0 Å². The van der Waals surface area contributed by atoms with E-state index in [0.29, 0.717) is 5.75 Å². The fourth-order valence-corrected chi connectivity index (χ4v) is 1.39. The highest BCUT2D eigenvalue weighted by Crippen LogP contribution is 2.20. The topological polar surface area (TPSA) is 9.23 Å². The summed E-state index contributed by atoms with van der Waals surface area (Å²) in [6, 6.07) is 7.05. The monoisotopic (exact) mass is 344 g/mol. The molecule has 0 spiro atoms. The molecule has 0 heterocycles. The third-order valence-corrected chi connectivity index (χ3v) is 2.64. The first kappa shape index (κ1) is 10.1. The van der Waals surface area contributed by atoms with Crippen LogP contribution >= 0.6 is 36.7 Å². The zero-order chi connectivity index (χ0) is 8.97. The van der Waals surface area contributed by atoms with E-state index in [4.69, 9.17) is 4.74 Å². The van der Waals surface area contributed by atoms with Crippen LogP contribution in [0.5, 0.6) is 5.75 Å². The highest BCUT2D eigenvalue weighted by molar-refractivity contribution is 14.2. The van der Waals surface area contributed by atoms with Crippen molar-refractivity contribution in [2.45, 2.75) is 4.36 Å². The van der Waals surface area contributed by atoms with Gasteiger partial charge < -0.3 is 4.74 Å². The van der Waals surface area contributed by atoms with Crippen LogP contribution in [0.1, 0.15) is 0 Å². The number of hydrogen-bond acceptors (Lipinski definition) is 1. The third-order valence-electron chi connectivity index (χ3n) is 1.16. The molecule has 0 aromatic heterocycles. The Hall–Kier alpha value is 0.0300. The lowest BCUT2D eigenvalue weighted by Gasteiger charge is -2.05. The van der Waals surface area contributed by atoms with E-state index in [1.807, 2.05) is 12.1 Å². The Bertz CT molecular complexity index is 262. The molecule has 1 aromatic rings. The number of halogens is 3. The summed E-state index contributed by atoms with van der Waals surface area (Å²) in [5.41, 5.74) is 0. The van der Waals surface area contributed by atoms with Crippen LogP contribution in [0.2, 0.25) is 0 Å². The summed E-state index contributed by atoms with van der Waals surface area (Å²) in [5, 5.41) is 0. The summed E-state index contributed by atoms with van der Waals surface area (Å²) in [5.74, 6) is 0.550. The molecule has 0 N–H and O–H groups in total. The van der Waals surface area contributed by atoms with E-state index >= 15 is 0 Å². The van der Waals surface area contributed by atoms with Gasteiger partial charge in [0.2, 0.25) is 0 Å². The lowest BCUT2D eigenvalue weighted by molar-refractivity contribution is 0.170. The van der Waals surface area contributed by atoms with Crippen LogP contribution in [0.4, 0.5) is 4.39 Å². The zero-order valence-electron chi connectivity index (χ0n) is 6.14. The van der Waals surface area contributed by atoms with Crippen molar-refractivity contribution in [1.29, 1.82) is 0 Å². The average molecular weight is 345 g/mol. The van der Waals surface area contributed by atoms with Crippen molar-refractivity contribution in [2.75, 3.05) is 0 Å². The fraction of sp³-hybridized carbons (Fsp3) is 0.125. The van der Waals surface area contributed by atoms with Gasteiger partial charge in [-0.05, 0) is 45.0 Å². The standard InChI is InChI=1S/C8H7BrFIO/c1-11-8(10)12-7-4-2-6(9)3-5-7/h2-5,8H,1H2. The SMILES string of the molecule is C=IC(F)Oc1ccc(Br)cc1. The molecule has 0 saturated carbocycles. The summed E-state index contributed by atoms with van der Waals surface area (Å²) < 4.78 is 20.8. The summed E-state index contributed by atoms with van der Waals surface area (Å²) in [4.78, 5) is 0. The minimum absolute atomic E-state index is 0.550. The van der Waals surface area contributed by atoms with Gasteiger partial charge in [0.05, 0.1) is 0 Å². The van der Waals surface area contributed by atoms with Crippen molar-refractivity contribution >= 4 is 41.2 Å². The van der Waals surface area contributed by atoms with E-state index < -0.39 is 25.1 Å². The molecule has 0 bridgehead atoms. The molecule has 1 rings (SSSR count). The maximum atomic E-state index is 12.7. The summed E-state index contributed by atoms with van der Waals surface area (Å²) in [7, 11) is 0. The molecule has 0 saturated heterocycles. The lowest BCUT2D eigenvalue weighted by atomic mass is 10.3. The number of hydrogen-bond donors (Lipinski definition) is 0. The van der Waals surface area contributed by atoms with Crippen LogP contribution in [-0.4, -0.2) is 8.88 Å². The van der Waals surface area contributed by atoms with E-state index in [1.165, 1.54) is 0 Å². The minimum atomic E-state index is -1.20. The van der Waals surface area contributed by atoms with Gasteiger partial charge >= 0.3 is 0 Å². The third kappa shape index (κ3) is 3.18. The molecule has 0 aliphatic rings.